The van der Waals surface area contributed by atoms with Crippen molar-refractivity contribution in [1.29, 1.82) is 5.26 Å². The molecule has 6 heteroatoms. The number of nitrogens with one attached hydrogen (secondary N) is 1. The monoisotopic (exact) mass is 310 g/mol. The van der Waals surface area contributed by atoms with Crippen LogP contribution in [0.15, 0.2) is 42.7 Å². The highest BCUT2D eigenvalue weighted by Gasteiger charge is 2.25. The number of halogens is 1. The summed E-state index contributed by atoms with van der Waals surface area (Å²) in [5.74, 6) is -1.09. The van der Waals surface area contributed by atoms with E-state index in [0.717, 1.165) is 18.7 Å². The molecule has 1 aromatic heterocycles. The molecule has 0 spiro atoms. The summed E-state index contributed by atoms with van der Waals surface area (Å²) >= 11 is 0. The third kappa shape index (κ3) is 3.14. The number of amides is 1. The predicted molar refractivity (Wildman–Crippen MR) is 83.4 cm³/mol. The van der Waals surface area contributed by atoms with Crippen LogP contribution in [0, 0.1) is 17.1 Å². The molecule has 2 aromatic rings. The lowest BCUT2D eigenvalue weighted by molar-refractivity contribution is 0.0939. The van der Waals surface area contributed by atoms with E-state index in [1.165, 1.54) is 18.2 Å². The Bertz CT molecular complexity index is 757. The Labute approximate surface area is 133 Å². The number of aromatic nitrogens is 1. The van der Waals surface area contributed by atoms with Gasteiger partial charge in [-0.3, -0.25) is 9.78 Å². The van der Waals surface area contributed by atoms with Crippen LogP contribution in [-0.2, 0) is 0 Å². The number of hydrogen-bond acceptors (Lipinski definition) is 4. The summed E-state index contributed by atoms with van der Waals surface area (Å²) in [7, 11) is 0. The quantitative estimate of drug-likeness (QED) is 0.942. The number of rotatable bonds is 3. The SMILES string of the molecule is N#Cc1c(F)cccc1C(=O)NC1CCN(c2cccnc2)C1. The van der Waals surface area contributed by atoms with Crippen LogP contribution in [-0.4, -0.2) is 30.0 Å². The second-order valence-corrected chi connectivity index (χ2v) is 5.39. The van der Waals surface area contributed by atoms with Crippen molar-refractivity contribution in [3.8, 4) is 6.07 Å². The fourth-order valence-corrected chi connectivity index (χ4v) is 2.74. The number of hydrogen-bond donors (Lipinski definition) is 1. The fraction of sp³-hybridized carbons (Fsp3) is 0.235. The number of carbonyl (C=O) groups is 1. The second-order valence-electron chi connectivity index (χ2n) is 5.39. The van der Waals surface area contributed by atoms with E-state index >= 15 is 0 Å². The first kappa shape index (κ1) is 15.0. The standard InChI is InChI=1S/C17H15FN4O/c18-16-5-1-4-14(15(16)9-19)17(23)21-12-6-8-22(11-12)13-3-2-7-20-10-13/h1-5,7,10,12H,6,8,11H2,(H,21,23). The molecule has 0 saturated carbocycles. The molecule has 0 aliphatic carbocycles. The molecule has 3 rings (SSSR count). The zero-order valence-corrected chi connectivity index (χ0v) is 12.4. The van der Waals surface area contributed by atoms with Crippen molar-refractivity contribution in [3.05, 3.63) is 59.7 Å². The predicted octanol–water partition coefficient (Wildman–Crippen LogP) is 2.10. The van der Waals surface area contributed by atoms with Crippen molar-refractivity contribution >= 4 is 11.6 Å². The lowest BCUT2D eigenvalue weighted by Crippen LogP contribution is -2.37. The first-order valence-electron chi connectivity index (χ1n) is 7.33. The van der Waals surface area contributed by atoms with Crippen molar-refractivity contribution < 1.29 is 9.18 Å². The Kier molecular flexibility index (Phi) is 4.20. The van der Waals surface area contributed by atoms with Gasteiger partial charge in [0.2, 0.25) is 0 Å². The molecule has 0 bridgehead atoms. The first-order valence-corrected chi connectivity index (χ1v) is 7.33. The van der Waals surface area contributed by atoms with Crippen LogP contribution in [0.4, 0.5) is 10.1 Å². The van der Waals surface area contributed by atoms with E-state index in [1.807, 2.05) is 12.1 Å². The van der Waals surface area contributed by atoms with Crippen LogP contribution < -0.4 is 10.2 Å². The topological polar surface area (TPSA) is 69.0 Å². The van der Waals surface area contributed by atoms with Gasteiger partial charge in [-0.1, -0.05) is 6.07 Å². The van der Waals surface area contributed by atoms with E-state index in [0.29, 0.717) is 6.54 Å². The third-order valence-electron chi connectivity index (χ3n) is 3.90. The Morgan fingerprint density at radius 1 is 1.39 bits per heavy atom. The molecule has 1 saturated heterocycles. The van der Waals surface area contributed by atoms with Crippen LogP contribution in [0.1, 0.15) is 22.3 Å². The molecular weight excluding hydrogens is 295 g/mol. The summed E-state index contributed by atoms with van der Waals surface area (Å²) in [6, 6.07) is 9.61. The molecule has 1 amide bonds. The maximum absolute atomic E-state index is 13.6. The van der Waals surface area contributed by atoms with Gasteiger partial charge in [0.15, 0.2) is 0 Å². The van der Waals surface area contributed by atoms with Crippen LogP contribution in [0.2, 0.25) is 0 Å². The van der Waals surface area contributed by atoms with Crippen LogP contribution in [0.3, 0.4) is 0 Å². The van der Waals surface area contributed by atoms with E-state index < -0.39 is 11.7 Å². The highest BCUT2D eigenvalue weighted by atomic mass is 19.1. The van der Waals surface area contributed by atoms with E-state index in [-0.39, 0.29) is 17.2 Å². The van der Waals surface area contributed by atoms with Crippen molar-refractivity contribution in [2.24, 2.45) is 0 Å². The number of pyridine rings is 1. The summed E-state index contributed by atoms with van der Waals surface area (Å²) in [5.41, 5.74) is 0.868. The average molecular weight is 310 g/mol. The van der Waals surface area contributed by atoms with Crippen molar-refractivity contribution in [2.45, 2.75) is 12.5 Å². The second kappa shape index (κ2) is 6.44. The largest absolute Gasteiger partial charge is 0.368 e. The van der Waals surface area contributed by atoms with E-state index in [9.17, 15) is 9.18 Å². The number of carbonyl (C=O) groups excluding carboxylic acids is 1. The molecule has 5 nitrogen and oxygen atoms in total. The summed E-state index contributed by atoms with van der Waals surface area (Å²) in [4.78, 5) is 18.5. The third-order valence-corrected chi connectivity index (χ3v) is 3.90. The Morgan fingerprint density at radius 2 is 2.26 bits per heavy atom. The molecule has 23 heavy (non-hydrogen) atoms. The minimum atomic E-state index is -0.677. The highest BCUT2D eigenvalue weighted by Crippen LogP contribution is 2.19. The highest BCUT2D eigenvalue weighted by molar-refractivity contribution is 5.96. The molecule has 1 fully saturated rings. The van der Waals surface area contributed by atoms with Gasteiger partial charge in [0.25, 0.3) is 5.91 Å². The van der Waals surface area contributed by atoms with E-state index in [1.54, 1.807) is 18.5 Å². The minimum Gasteiger partial charge on any atom is -0.368 e. The maximum atomic E-state index is 13.6. The Morgan fingerprint density at radius 3 is 3.00 bits per heavy atom. The van der Waals surface area contributed by atoms with E-state index in [2.05, 4.69) is 15.2 Å². The van der Waals surface area contributed by atoms with E-state index in [4.69, 9.17) is 5.26 Å². The normalized spacial score (nSPS) is 16.9. The zero-order chi connectivity index (χ0) is 16.2. The number of anilines is 1. The molecule has 1 N–H and O–H groups in total. The van der Waals surface area contributed by atoms with Crippen LogP contribution in [0.5, 0.6) is 0 Å². The first-order chi connectivity index (χ1) is 11.2. The van der Waals surface area contributed by atoms with Crippen LogP contribution in [0.25, 0.3) is 0 Å². The van der Waals surface area contributed by atoms with Gasteiger partial charge in [0.05, 0.1) is 17.4 Å². The molecule has 1 atom stereocenters. The van der Waals surface area contributed by atoms with Gasteiger partial charge in [-0.2, -0.15) is 5.26 Å². The van der Waals surface area contributed by atoms with Gasteiger partial charge in [0.1, 0.15) is 17.4 Å². The number of nitrogens with zero attached hydrogens (tertiary/aromatic N) is 3. The zero-order valence-electron chi connectivity index (χ0n) is 12.4. The average Bonchev–Trinajstić information content (AvgIpc) is 3.04. The lowest BCUT2D eigenvalue weighted by Gasteiger charge is -2.18. The summed E-state index contributed by atoms with van der Waals surface area (Å²) < 4.78 is 13.6. The molecule has 2 heterocycles. The Hall–Kier alpha value is -2.94. The fourth-order valence-electron chi connectivity index (χ4n) is 2.74. The van der Waals surface area contributed by atoms with Crippen molar-refractivity contribution in [1.82, 2.24) is 10.3 Å². The van der Waals surface area contributed by atoms with Crippen molar-refractivity contribution in [2.75, 3.05) is 18.0 Å². The van der Waals surface area contributed by atoms with Gasteiger partial charge in [-0.05, 0) is 30.7 Å². The lowest BCUT2D eigenvalue weighted by atomic mass is 10.1. The van der Waals surface area contributed by atoms with Gasteiger partial charge in [-0.15, -0.1) is 0 Å². The molecule has 1 aliphatic heterocycles. The van der Waals surface area contributed by atoms with Crippen LogP contribution >= 0.6 is 0 Å². The molecule has 1 aliphatic rings. The van der Waals surface area contributed by atoms with Gasteiger partial charge in [0, 0.05) is 25.3 Å². The van der Waals surface area contributed by atoms with Gasteiger partial charge >= 0.3 is 0 Å². The number of benzene rings is 1. The maximum Gasteiger partial charge on any atom is 0.253 e. The minimum absolute atomic E-state index is 0.0440. The molecule has 1 unspecified atom stereocenters. The summed E-state index contributed by atoms with van der Waals surface area (Å²) in [6.45, 7) is 1.47. The Balaban J connectivity index is 1.68. The summed E-state index contributed by atoms with van der Waals surface area (Å²) in [5, 5.41) is 11.9. The number of nitriles is 1. The molecule has 116 valence electrons. The van der Waals surface area contributed by atoms with Crippen molar-refractivity contribution in [3.63, 3.8) is 0 Å². The van der Waals surface area contributed by atoms with Gasteiger partial charge < -0.3 is 10.2 Å². The molecule has 0 radical (unpaired) electrons. The van der Waals surface area contributed by atoms with Gasteiger partial charge in [-0.25, -0.2) is 4.39 Å². The molecular formula is C17H15FN4O. The molecule has 1 aromatic carbocycles. The summed E-state index contributed by atoms with van der Waals surface area (Å²) in [6.07, 6.45) is 4.29. The smallest absolute Gasteiger partial charge is 0.253 e.